The molecule has 4 nitrogen and oxygen atoms in total. The summed E-state index contributed by atoms with van der Waals surface area (Å²) in [5, 5.41) is 7.90. The Labute approximate surface area is 102 Å². The maximum Gasteiger partial charge on any atom is 0.146 e. The number of halogens is 2. The van der Waals surface area contributed by atoms with E-state index < -0.39 is 0 Å². The van der Waals surface area contributed by atoms with Gasteiger partial charge in [0.1, 0.15) is 12.2 Å². The van der Waals surface area contributed by atoms with E-state index >= 15 is 0 Å². The molecule has 1 aliphatic carbocycles. The maximum absolute atomic E-state index is 5.58. The third-order valence-corrected chi connectivity index (χ3v) is 2.80. The third kappa shape index (κ3) is 3.33. The Morgan fingerprint density at radius 1 is 1.27 bits per heavy atom. The van der Waals surface area contributed by atoms with E-state index in [9.17, 15) is 0 Å². The van der Waals surface area contributed by atoms with Gasteiger partial charge in [-0.2, -0.15) is 0 Å². The zero-order valence-corrected chi connectivity index (χ0v) is 10.3. The lowest BCUT2D eigenvalue weighted by Crippen LogP contribution is -2.16. The summed E-state index contributed by atoms with van der Waals surface area (Å²) in [6, 6.07) is 0.599. The molecule has 6 heteroatoms. The Morgan fingerprint density at radius 2 is 1.93 bits per heavy atom. The molecule has 15 heavy (non-hydrogen) atoms. The van der Waals surface area contributed by atoms with Crippen LogP contribution in [0.4, 0.5) is 0 Å². The van der Waals surface area contributed by atoms with Crippen LogP contribution in [-0.4, -0.2) is 14.8 Å². The molecule has 0 amide bonds. The van der Waals surface area contributed by atoms with Crippen molar-refractivity contribution >= 4 is 24.8 Å². The lowest BCUT2D eigenvalue weighted by Gasteiger charge is -2.23. The first kappa shape index (κ1) is 14.7. The SMILES string of the molecule is Cl.Cl.NCc1nncn1C1CCCCC1. The number of nitrogens with zero attached hydrogens (tertiary/aromatic N) is 3. The monoisotopic (exact) mass is 252 g/mol. The zero-order valence-electron chi connectivity index (χ0n) is 8.63. The average molecular weight is 253 g/mol. The molecule has 0 spiro atoms. The molecule has 1 heterocycles. The summed E-state index contributed by atoms with van der Waals surface area (Å²) in [6.45, 7) is 0.497. The van der Waals surface area contributed by atoms with Gasteiger partial charge in [-0.05, 0) is 12.8 Å². The standard InChI is InChI=1S/C9H16N4.2ClH/c10-6-9-12-11-7-13(9)8-4-2-1-3-5-8;;/h7-8H,1-6,10H2;2*1H. The summed E-state index contributed by atoms with van der Waals surface area (Å²) >= 11 is 0. The second kappa shape index (κ2) is 7.04. The fraction of sp³-hybridized carbons (Fsp3) is 0.778. The number of rotatable bonds is 2. The Morgan fingerprint density at radius 3 is 2.53 bits per heavy atom. The predicted octanol–water partition coefficient (Wildman–Crippen LogP) is 2.09. The Hall–Kier alpha value is -0.320. The van der Waals surface area contributed by atoms with Crippen LogP contribution in [0.25, 0.3) is 0 Å². The molecule has 1 aromatic heterocycles. The van der Waals surface area contributed by atoms with E-state index in [1.165, 1.54) is 32.1 Å². The van der Waals surface area contributed by atoms with Crippen LogP contribution in [0.15, 0.2) is 6.33 Å². The van der Waals surface area contributed by atoms with Gasteiger partial charge in [0.05, 0.1) is 6.54 Å². The fourth-order valence-corrected chi connectivity index (χ4v) is 2.08. The number of aromatic nitrogens is 3. The molecule has 0 aromatic carbocycles. The molecule has 1 saturated carbocycles. The Balaban J connectivity index is 0.000000980. The van der Waals surface area contributed by atoms with E-state index in [2.05, 4.69) is 14.8 Å². The molecule has 0 bridgehead atoms. The molecule has 0 atom stereocenters. The molecule has 0 aliphatic heterocycles. The first-order valence-electron chi connectivity index (χ1n) is 5.00. The molecule has 1 fully saturated rings. The van der Waals surface area contributed by atoms with Crippen molar-refractivity contribution in [2.75, 3.05) is 0 Å². The quantitative estimate of drug-likeness (QED) is 0.877. The molecule has 0 unspecified atom stereocenters. The Kier molecular flexibility index (Phi) is 6.89. The summed E-state index contributed by atoms with van der Waals surface area (Å²) in [5.41, 5.74) is 5.58. The van der Waals surface area contributed by atoms with Crippen LogP contribution in [0.3, 0.4) is 0 Å². The van der Waals surface area contributed by atoms with Crippen molar-refractivity contribution in [1.82, 2.24) is 14.8 Å². The van der Waals surface area contributed by atoms with Gasteiger partial charge in [0.25, 0.3) is 0 Å². The van der Waals surface area contributed by atoms with Gasteiger partial charge < -0.3 is 10.3 Å². The van der Waals surface area contributed by atoms with Crippen LogP contribution in [0, 0.1) is 0 Å². The van der Waals surface area contributed by atoms with Crippen LogP contribution in [0.1, 0.15) is 44.0 Å². The van der Waals surface area contributed by atoms with Crippen molar-refractivity contribution in [3.8, 4) is 0 Å². The lowest BCUT2D eigenvalue weighted by molar-refractivity contribution is 0.345. The predicted molar refractivity (Wildman–Crippen MR) is 64.5 cm³/mol. The molecule has 0 saturated heterocycles. The van der Waals surface area contributed by atoms with E-state index in [1.54, 1.807) is 0 Å². The molecular formula is C9H18Cl2N4. The molecule has 2 rings (SSSR count). The summed E-state index contributed by atoms with van der Waals surface area (Å²) in [4.78, 5) is 0. The normalized spacial score (nSPS) is 16.6. The van der Waals surface area contributed by atoms with Crippen LogP contribution in [-0.2, 0) is 6.54 Å². The van der Waals surface area contributed by atoms with Gasteiger partial charge in [0.2, 0.25) is 0 Å². The van der Waals surface area contributed by atoms with E-state index in [1.807, 2.05) is 6.33 Å². The smallest absolute Gasteiger partial charge is 0.146 e. The largest absolute Gasteiger partial charge is 0.324 e. The first-order valence-corrected chi connectivity index (χ1v) is 5.00. The van der Waals surface area contributed by atoms with Gasteiger partial charge in [0, 0.05) is 6.04 Å². The van der Waals surface area contributed by atoms with Gasteiger partial charge in [-0.25, -0.2) is 0 Å². The minimum atomic E-state index is 0. The molecule has 1 aliphatic rings. The van der Waals surface area contributed by atoms with Crippen molar-refractivity contribution < 1.29 is 0 Å². The second-order valence-electron chi connectivity index (χ2n) is 3.65. The van der Waals surface area contributed by atoms with Crippen LogP contribution < -0.4 is 5.73 Å². The van der Waals surface area contributed by atoms with Gasteiger partial charge in [-0.1, -0.05) is 19.3 Å². The van der Waals surface area contributed by atoms with Crippen molar-refractivity contribution in [2.24, 2.45) is 5.73 Å². The highest BCUT2D eigenvalue weighted by Gasteiger charge is 2.17. The van der Waals surface area contributed by atoms with Gasteiger partial charge in [-0.3, -0.25) is 0 Å². The van der Waals surface area contributed by atoms with Gasteiger partial charge in [0.15, 0.2) is 0 Å². The summed E-state index contributed by atoms with van der Waals surface area (Å²) in [7, 11) is 0. The average Bonchev–Trinajstić information content (AvgIpc) is 2.67. The van der Waals surface area contributed by atoms with E-state index in [0.29, 0.717) is 12.6 Å². The van der Waals surface area contributed by atoms with Crippen LogP contribution in [0.5, 0.6) is 0 Å². The maximum atomic E-state index is 5.58. The van der Waals surface area contributed by atoms with Crippen molar-refractivity contribution in [2.45, 2.75) is 44.7 Å². The van der Waals surface area contributed by atoms with Crippen LogP contribution in [0.2, 0.25) is 0 Å². The topological polar surface area (TPSA) is 56.7 Å². The number of nitrogens with two attached hydrogens (primary N) is 1. The van der Waals surface area contributed by atoms with Crippen LogP contribution >= 0.6 is 24.8 Å². The molecular weight excluding hydrogens is 235 g/mol. The molecule has 2 N–H and O–H groups in total. The highest BCUT2D eigenvalue weighted by atomic mass is 35.5. The van der Waals surface area contributed by atoms with Gasteiger partial charge >= 0.3 is 0 Å². The second-order valence-corrected chi connectivity index (χ2v) is 3.65. The summed E-state index contributed by atoms with van der Waals surface area (Å²) in [5.74, 6) is 0.923. The molecule has 0 radical (unpaired) electrons. The third-order valence-electron chi connectivity index (χ3n) is 2.80. The van der Waals surface area contributed by atoms with E-state index in [-0.39, 0.29) is 24.8 Å². The Bertz CT molecular complexity index is 271. The minimum absolute atomic E-state index is 0. The summed E-state index contributed by atoms with van der Waals surface area (Å²) < 4.78 is 2.15. The van der Waals surface area contributed by atoms with E-state index in [0.717, 1.165) is 5.82 Å². The van der Waals surface area contributed by atoms with Crippen molar-refractivity contribution in [3.63, 3.8) is 0 Å². The fourth-order valence-electron chi connectivity index (χ4n) is 2.08. The number of hydrogen-bond acceptors (Lipinski definition) is 3. The van der Waals surface area contributed by atoms with Crippen molar-refractivity contribution in [3.05, 3.63) is 12.2 Å². The first-order chi connectivity index (χ1) is 6.42. The van der Waals surface area contributed by atoms with Crippen molar-refractivity contribution in [1.29, 1.82) is 0 Å². The van der Waals surface area contributed by atoms with E-state index in [4.69, 9.17) is 5.73 Å². The zero-order chi connectivity index (χ0) is 9.10. The molecule has 1 aromatic rings. The van der Waals surface area contributed by atoms with Gasteiger partial charge in [-0.15, -0.1) is 35.0 Å². The summed E-state index contributed by atoms with van der Waals surface area (Å²) in [6.07, 6.45) is 8.35. The molecule has 88 valence electrons. The highest BCUT2D eigenvalue weighted by Crippen LogP contribution is 2.28. The number of hydrogen-bond donors (Lipinski definition) is 1. The highest BCUT2D eigenvalue weighted by molar-refractivity contribution is 5.85. The lowest BCUT2D eigenvalue weighted by atomic mass is 9.95. The minimum Gasteiger partial charge on any atom is -0.324 e.